The van der Waals surface area contributed by atoms with Gasteiger partial charge in [0.15, 0.2) is 17.1 Å². The summed E-state index contributed by atoms with van der Waals surface area (Å²) in [7, 11) is 1.57. The smallest absolute Gasteiger partial charge is 0.271 e. The minimum atomic E-state index is -0.250. The van der Waals surface area contributed by atoms with Gasteiger partial charge in [-0.3, -0.25) is 4.79 Å². The number of anilines is 2. The molecule has 0 bridgehead atoms. The number of amides is 1. The third-order valence-electron chi connectivity index (χ3n) is 4.29. The number of imidazole rings is 1. The predicted octanol–water partition coefficient (Wildman–Crippen LogP) is 3.41. The summed E-state index contributed by atoms with van der Waals surface area (Å²) in [4.78, 5) is 17.1. The van der Waals surface area contributed by atoms with E-state index in [1.807, 2.05) is 60.7 Å². The number of methoxy groups -OCH3 is 1. The molecule has 0 saturated carbocycles. The Morgan fingerprint density at radius 3 is 2.46 bits per heavy atom. The quantitative estimate of drug-likeness (QED) is 0.541. The van der Waals surface area contributed by atoms with E-state index in [2.05, 4.69) is 20.7 Å². The van der Waals surface area contributed by atoms with Crippen LogP contribution in [-0.2, 0) is 6.54 Å². The Bertz CT molecular complexity index is 1090. The number of fused-ring (bicyclic) bond motifs is 1. The Morgan fingerprint density at radius 2 is 1.75 bits per heavy atom. The summed E-state index contributed by atoms with van der Waals surface area (Å²) in [5, 5.41) is 10.5. The average Bonchev–Trinajstić information content (AvgIpc) is 3.18. The number of nitrogens with zero attached hydrogens (tertiary/aromatic N) is 3. The number of hydrogen-bond donors (Lipinski definition) is 2. The first-order valence-corrected chi connectivity index (χ1v) is 8.81. The highest BCUT2D eigenvalue weighted by Gasteiger charge is 2.18. The van der Waals surface area contributed by atoms with Gasteiger partial charge in [-0.15, -0.1) is 0 Å². The Labute approximate surface area is 162 Å². The Hall–Kier alpha value is -3.87. The standard InChI is InChI=1S/C21H19N5O2/c1-28-18-14-24-26-17(21(27)23-12-15-8-4-2-5-9-15)13-22-20(26)19(18)25-16-10-6-3-7-11-16/h2-11,13-14,25H,12H2,1H3,(H,23,27). The number of para-hydroxylation sites is 1. The van der Waals surface area contributed by atoms with Crippen LogP contribution < -0.4 is 15.4 Å². The second-order valence-corrected chi connectivity index (χ2v) is 6.13. The van der Waals surface area contributed by atoms with E-state index in [0.717, 1.165) is 11.3 Å². The highest BCUT2D eigenvalue weighted by Crippen LogP contribution is 2.30. The maximum absolute atomic E-state index is 12.7. The molecular formula is C21H19N5O2. The molecule has 1 amide bonds. The van der Waals surface area contributed by atoms with E-state index < -0.39 is 0 Å². The van der Waals surface area contributed by atoms with Gasteiger partial charge in [0.2, 0.25) is 0 Å². The fourth-order valence-corrected chi connectivity index (χ4v) is 2.88. The van der Waals surface area contributed by atoms with Crippen LogP contribution in [0.4, 0.5) is 11.4 Å². The van der Waals surface area contributed by atoms with Crippen molar-refractivity contribution >= 4 is 22.9 Å². The van der Waals surface area contributed by atoms with Crippen LogP contribution in [0.15, 0.2) is 73.1 Å². The Balaban J connectivity index is 1.64. The molecule has 0 aliphatic rings. The van der Waals surface area contributed by atoms with Crippen molar-refractivity contribution in [2.45, 2.75) is 6.54 Å². The number of ether oxygens (including phenoxy) is 1. The van der Waals surface area contributed by atoms with Gasteiger partial charge in [-0.1, -0.05) is 48.5 Å². The first-order chi connectivity index (χ1) is 13.8. The second kappa shape index (κ2) is 7.79. The number of carbonyl (C=O) groups is 1. The molecule has 0 unspecified atom stereocenters. The lowest BCUT2D eigenvalue weighted by Crippen LogP contribution is -2.24. The van der Waals surface area contributed by atoms with Crippen molar-refractivity contribution in [1.82, 2.24) is 19.9 Å². The van der Waals surface area contributed by atoms with Gasteiger partial charge in [0, 0.05) is 12.2 Å². The van der Waals surface area contributed by atoms with E-state index in [1.165, 1.54) is 10.7 Å². The molecule has 0 radical (unpaired) electrons. The van der Waals surface area contributed by atoms with Gasteiger partial charge in [-0.2, -0.15) is 5.10 Å². The van der Waals surface area contributed by atoms with Gasteiger partial charge in [0.1, 0.15) is 5.69 Å². The van der Waals surface area contributed by atoms with Crippen molar-refractivity contribution in [3.63, 3.8) is 0 Å². The SMILES string of the molecule is COc1cnn2c(C(=O)NCc3ccccc3)cnc2c1Nc1ccccc1. The maximum atomic E-state index is 12.7. The van der Waals surface area contributed by atoms with Crippen LogP contribution in [0, 0.1) is 0 Å². The van der Waals surface area contributed by atoms with Gasteiger partial charge in [0.25, 0.3) is 5.91 Å². The molecule has 2 heterocycles. The molecule has 0 fully saturated rings. The van der Waals surface area contributed by atoms with E-state index in [-0.39, 0.29) is 5.91 Å². The van der Waals surface area contributed by atoms with Crippen LogP contribution in [0.25, 0.3) is 5.65 Å². The van der Waals surface area contributed by atoms with E-state index >= 15 is 0 Å². The fourth-order valence-electron chi connectivity index (χ4n) is 2.88. The predicted molar refractivity (Wildman–Crippen MR) is 107 cm³/mol. The number of aromatic nitrogens is 3. The number of hydrogen-bond acceptors (Lipinski definition) is 5. The summed E-state index contributed by atoms with van der Waals surface area (Å²) in [5.41, 5.74) is 3.40. The molecule has 28 heavy (non-hydrogen) atoms. The minimum absolute atomic E-state index is 0.250. The molecule has 2 aromatic carbocycles. The van der Waals surface area contributed by atoms with Crippen molar-refractivity contribution in [1.29, 1.82) is 0 Å². The summed E-state index contributed by atoms with van der Waals surface area (Å²) >= 11 is 0. The van der Waals surface area contributed by atoms with Crippen molar-refractivity contribution in [3.05, 3.63) is 84.3 Å². The largest absolute Gasteiger partial charge is 0.493 e. The molecule has 4 aromatic rings. The van der Waals surface area contributed by atoms with E-state index in [1.54, 1.807) is 13.3 Å². The summed E-state index contributed by atoms with van der Waals surface area (Å²) in [5.74, 6) is 0.290. The lowest BCUT2D eigenvalue weighted by molar-refractivity contribution is 0.0944. The van der Waals surface area contributed by atoms with Gasteiger partial charge in [-0.25, -0.2) is 9.50 Å². The number of benzene rings is 2. The maximum Gasteiger partial charge on any atom is 0.271 e. The zero-order chi connectivity index (χ0) is 19.3. The molecule has 0 aliphatic carbocycles. The zero-order valence-electron chi connectivity index (χ0n) is 15.3. The molecule has 2 N–H and O–H groups in total. The number of nitrogens with one attached hydrogen (secondary N) is 2. The molecule has 0 saturated heterocycles. The van der Waals surface area contributed by atoms with E-state index in [4.69, 9.17) is 4.74 Å². The van der Waals surface area contributed by atoms with Crippen LogP contribution in [0.1, 0.15) is 16.1 Å². The molecule has 7 heteroatoms. The summed E-state index contributed by atoms with van der Waals surface area (Å²) in [6, 6.07) is 19.4. The molecule has 140 valence electrons. The third kappa shape index (κ3) is 3.50. The zero-order valence-corrected chi connectivity index (χ0v) is 15.3. The van der Waals surface area contributed by atoms with Gasteiger partial charge < -0.3 is 15.4 Å². The Kier molecular flexibility index (Phi) is 4.88. The van der Waals surface area contributed by atoms with Crippen molar-refractivity contribution < 1.29 is 9.53 Å². The number of carbonyl (C=O) groups excluding carboxylic acids is 1. The molecule has 2 aromatic heterocycles. The molecule has 7 nitrogen and oxygen atoms in total. The first-order valence-electron chi connectivity index (χ1n) is 8.81. The normalized spacial score (nSPS) is 10.6. The summed E-state index contributed by atoms with van der Waals surface area (Å²) in [6.45, 7) is 0.429. The van der Waals surface area contributed by atoms with Crippen molar-refractivity contribution in [3.8, 4) is 5.75 Å². The molecule has 4 rings (SSSR count). The van der Waals surface area contributed by atoms with Crippen LogP contribution in [-0.4, -0.2) is 27.6 Å². The summed E-state index contributed by atoms with van der Waals surface area (Å²) in [6.07, 6.45) is 3.08. The van der Waals surface area contributed by atoms with Crippen LogP contribution in [0.3, 0.4) is 0 Å². The Morgan fingerprint density at radius 1 is 1.04 bits per heavy atom. The molecular weight excluding hydrogens is 354 g/mol. The second-order valence-electron chi connectivity index (χ2n) is 6.13. The van der Waals surface area contributed by atoms with Crippen molar-refractivity contribution in [2.24, 2.45) is 0 Å². The lowest BCUT2D eigenvalue weighted by Gasteiger charge is -2.12. The highest BCUT2D eigenvalue weighted by atomic mass is 16.5. The van der Waals surface area contributed by atoms with Crippen LogP contribution in [0.2, 0.25) is 0 Å². The van der Waals surface area contributed by atoms with Crippen LogP contribution >= 0.6 is 0 Å². The van der Waals surface area contributed by atoms with E-state index in [0.29, 0.717) is 29.3 Å². The highest BCUT2D eigenvalue weighted by molar-refractivity contribution is 5.94. The molecule has 0 aliphatic heterocycles. The summed E-state index contributed by atoms with van der Waals surface area (Å²) < 4.78 is 6.93. The topological polar surface area (TPSA) is 80.6 Å². The fraction of sp³-hybridized carbons (Fsp3) is 0.0952. The lowest BCUT2D eigenvalue weighted by atomic mass is 10.2. The number of rotatable bonds is 6. The first kappa shape index (κ1) is 17.5. The van der Waals surface area contributed by atoms with Crippen LogP contribution in [0.5, 0.6) is 5.75 Å². The van der Waals surface area contributed by atoms with Gasteiger partial charge in [-0.05, 0) is 17.7 Å². The van der Waals surface area contributed by atoms with Gasteiger partial charge >= 0.3 is 0 Å². The van der Waals surface area contributed by atoms with Gasteiger partial charge in [0.05, 0.1) is 19.5 Å². The van der Waals surface area contributed by atoms with E-state index in [9.17, 15) is 4.79 Å². The average molecular weight is 373 g/mol. The molecule has 0 atom stereocenters. The van der Waals surface area contributed by atoms with Crippen molar-refractivity contribution in [2.75, 3.05) is 12.4 Å². The monoisotopic (exact) mass is 373 g/mol. The molecule has 0 spiro atoms. The minimum Gasteiger partial charge on any atom is -0.493 e. The third-order valence-corrected chi connectivity index (χ3v) is 4.29.